The van der Waals surface area contributed by atoms with Crippen molar-refractivity contribution in [1.29, 1.82) is 0 Å². The summed E-state index contributed by atoms with van der Waals surface area (Å²) >= 11 is 0. The first kappa shape index (κ1) is 25.6. The van der Waals surface area contributed by atoms with E-state index in [1.807, 2.05) is 35.9 Å². The summed E-state index contributed by atoms with van der Waals surface area (Å²) in [6, 6.07) is 11.9. The molecule has 2 aliphatic heterocycles. The molecule has 9 heteroatoms. The molecule has 2 fully saturated rings. The smallest absolute Gasteiger partial charge is 0.253 e. The summed E-state index contributed by atoms with van der Waals surface area (Å²) in [5.41, 5.74) is 2.75. The number of aromatic nitrogens is 3. The number of pyridine rings is 1. The molecule has 0 unspecified atom stereocenters. The van der Waals surface area contributed by atoms with E-state index in [0.29, 0.717) is 23.9 Å². The predicted octanol–water partition coefficient (Wildman–Crippen LogP) is 3.89. The van der Waals surface area contributed by atoms with Crippen LogP contribution in [0.3, 0.4) is 0 Å². The lowest BCUT2D eigenvalue weighted by Crippen LogP contribution is -2.50. The number of ether oxygens (including phenoxy) is 1. The molecule has 3 aromatic rings. The van der Waals surface area contributed by atoms with Gasteiger partial charge in [-0.2, -0.15) is 0 Å². The van der Waals surface area contributed by atoms with Crippen molar-refractivity contribution in [2.45, 2.75) is 57.2 Å². The third-order valence-corrected chi connectivity index (χ3v) is 8.69. The molecule has 204 valence electrons. The number of amides is 2. The van der Waals surface area contributed by atoms with E-state index in [-0.39, 0.29) is 35.9 Å². The minimum absolute atomic E-state index is 0.0248. The number of likely N-dealkylation sites (tertiary alicyclic amines) is 1. The number of carbonyl (C=O) groups is 2. The highest BCUT2D eigenvalue weighted by Crippen LogP contribution is 2.47. The molecule has 39 heavy (non-hydrogen) atoms. The molecule has 2 N–H and O–H groups in total. The SMILES string of the molecule is COC[C@@H]1Nc2ccccc2[C@H]2[C@@H]1CCN2C(=O)[C@H]1CCCC[C@H]1NC(=O)c1ccc(-n2ccnc2C)nc1. The molecular weight excluding hydrogens is 492 g/mol. The monoisotopic (exact) mass is 528 g/mol. The lowest BCUT2D eigenvalue weighted by Gasteiger charge is -2.41. The molecule has 0 spiro atoms. The van der Waals surface area contributed by atoms with Crippen LogP contribution in [0.25, 0.3) is 5.82 Å². The number of hydrogen-bond donors (Lipinski definition) is 2. The van der Waals surface area contributed by atoms with Crippen LogP contribution in [0.2, 0.25) is 0 Å². The van der Waals surface area contributed by atoms with E-state index in [2.05, 4.69) is 37.6 Å². The van der Waals surface area contributed by atoms with Crippen LogP contribution in [-0.2, 0) is 9.53 Å². The van der Waals surface area contributed by atoms with E-state index in [1.165, 1.54) is 5.56 Å². The normalized spacial score (nSPS) is 25.9. The molecule has 1 saturated heterocycles. The maximum Gasteiger partial charge on any atom is 0.253 e. The average molecular weight is 529 g/mol. The first-order chi connectivity index (χ1) is 19.0. The maximum atomic E-state index is 14.2. The van der Waals surface area contributed by atoms with Crippen LogP contribution >= 0.6 is 0 Å². The van der Waals surface area contributed by atoms with Crippen molar-refractivity contribution in [3.05, 3.63) is 71.9 Å². The molecule has 4 heterocycles. The molecule has 0 bridgehead atoms. The largest absolute Gasteiger partial charge is 0.383 e. The van der Waals surface area contributed by atoms with Crippen molar-refractivity contribution in [2.75, 3.05) is 25.6 Å². The lowest BCUT2D eigenvalue weighted by molar-refractivity contribution is -0.139. The number of aryl methyl sites for hydroxylation is 1. The standard InChI is InChI=1S/C30H36N6O3/c1-19-31-14-16-35(19)27-12-11-20(17-32-27)29(37)34-25-10-6-4-8-23(25)30(38)36-15-13-22-26(18-39-2)33-24-9-5-3-7-21(24)28(22)36/h3,5,7,9,11-12,14,16-17,22-23,25-26,28,33H,4,6,8,10,13,15,18H2,1-2H3,(H,34,37)/t22-,23+,25-,26+,28+/m1/s1. The van der Waals surface area contributed by atoms with Gasteiger partial charge in [-0.25, -0.2) is 9.97 Å². The van der Waals surface area contributed by atoms with Gasteiger partial charge >= 0.3 is 0 Å². The highest BCUT2D eigenvalue weighted by atomic mass is 16.5. The Balaban J connectivity index is 1.19. The van der Waals surface area contributed by atoms with Crippen LogP contribution in [0, 0.1) is 18.8 Å². The van der Waals surface area contributed by atoms with Crippen molar-refractivity contribution >= 4 is 17.5 Å². The summed E-state index contributed by atoms with van der Waals surface area (Å²) in [7, 11) is 1.73. The third-order valence-electron chi connectivity index (χ3n) is 8.69. The zero-order valence-corrected chi connectivity index (χ0v) is 22.5. The first-order valence-corrected chi connectivity index (χ1v) is 14.0. The Hall–Kier alpha value is -3.72. The zero-order chi connectivity index (χ0) is 26.9. The summed E-state index contributed by atoms with van der Waals surface area (Å²) in [5, 5.41) is 6.84. The number of anilines is 1. The fourth-order valence-corrected chi connectivity index (χ4v) is 6.77. The van der Waals surface area contributed by atoms with Crippen molar-refractivity contribution in [3.8, 4) is 5.82 Å². The van der Waals surface area contributed by atoms with Crippen LogP contribution in [-0.4, -0.2) is 63.6 Å². The second kappa shape index (κ2) is 10.8. The van der Waals surface area contributed by atoms with Crippen LogP contribution in [0.4, 0.5) is 5.69 Å². The molecule has 1 aromatic carbocycles. The maximum absolute atomic E-state index is 14.2. The van der Waals surface area contributed by atoms with Crippen LogP contribution in [0.15, 0.2) is 55.0 Å². The topological polar surface area (TPSA) is 101 Å². The van der Waals surface area contributed by atoms with Gasteiger partial charge in [0, 0.05) is 49.9 Å². The van der Waals surface area contributed by atoms with Crippen molar-refractivity contribution in [2.24, 2.45) is 11.8 Å². The van der Waals surface area contributed by atoms with Gasteiger partial charge in [0.25, 0.3) is 5.91 Å². The van der Waals surface area contributed by atoms with Gasteiger partial charge in [-0.1, -0.05) is 31.0 Å². The highest BCUT2D eigenvalue weighted by molar-refractivity contribution is 5.94. The number of methoxy groups -OCH3 is 1. The van der Waals surface area contributed by atoms with Crippen LogP contribution < -0.4 is 10.6 Å². The Bertz CT molecular complexity index is 1340. The summed E-state index contributed by atoms with van der Waals surface area (Å²) in [5.74, 6) is 1.58. The number of rotatable bonds is 6. The lowest BCUT2D eigenvalue weighted by atomic mass is 9.81. The molecule has 9 nitrogen and oxygen atoms in total. The molecule has 3 aliphatic rings. The van der Waals surface area contributed by atoms with E-state index < -0.39 is 0 Å². The van der Waals surface area contributed by atoms with Gasteiger partial charge in [0.2, 0.25) is 5.91 Å². The zero-order valence-electron chi connectivity index (χ0n) is 22.5. The Kier molecular flexibility index (Phi) is 7.08. The second-order valence-corrected chi connectivity index (χ2v) is 10.9. The Labute approximate surface area is 229 Å². The van der Waals surface area contributed by atoms with E-state index in [9.17, 15) is 9.59 Å². The quantitative estimate of drug-likeness (QED) is 0.503. The number of carbonyl (C=O) groups excluding carboxylic acids is 2. The minimum Gasteiger partial charge on any atom is -0.383 e. The molecule has 6 rings (SSSR count). The summed E-state index contributed by atoms with van der Waals surface area (Å²) in [4.78, 5) is 38.2. The molecule has 1 saturated carbocycles. The summed E-state index contributed by atoms with van der Waals surface area (Å²) in [6.45, 7) is 3.23. The Morgan fingerprint density at radius 1 is 1.10 bits per heavy atom. The second-order valence-electron chi connectivity index (χ2n) is 10.9. The molecule has 1 aliphatic carbocycles. The van der Waals surface area contributed by atoms with Gasteiger partial charge < -0.3 is 20.3 Å². The molecular formula is C30H36N6O3. The van der Waals surface area contributed by atoms with Crippen molar-refractivity contribution < 1.29 is 14.3 Å². The number of hydrogen-bond acceptors (Lipinski definition) is 6. The van der Waals surface area contributed by atoms with E-state index in [1.54, 1.807) is 25.6 Å². The van der Waals surface area contributed by atoms with Gasteiger partial charge in [-0.15, -0.1) is 0 Å². The molecule has 2 aromatic heterocycles. The number of imidazole rings is 1. The minimum atomic E-state index is -0.231. The van der Waals surface area contributed by atoms with Crippen LogP contribution in [0.1, 0.15) is 59.9 Å². The number of nitrogens with zero attached hydrogens (tertiary/aromatic N) is 4. The Morgan fingerprint density at radius 3 is 2.72 bits per heavy atom. The number of benzene rings is 1. The molecule has 0 radical (unpaired) electrons. The van der Waals surface area contributed by atoms with Gasteiger partial charge in [-0.05, 0) is 49.9 Å². The first-order valence-electron chi connectivity index (χ1n) is 14.0. The van der Waals surface area contributed by atoms with Crippen molar-refractivity contribution in [1.82, 2.24) is 24.8 Å². The molecule has 5 atom stereocenters. The number of fused-ring (bicyclic) bond motifs is 3. The number of nitrogens with one attached hydrogen (secondary N) is 2. The summed E-state index contributed by atoms with van der Waals surface area (Å²) < 4.78 is 7.40. The van der Waals surface area contributed by atoms with E-state index in [0.717, 1.165) is 50.2 Å². The van der Waals surface area contributed by atoms with Gasteiger partial charge in [0.15, 0.2) is 0 Å². The predicted molar refractivity (Wildman–Crippen MR) is 148 cm³/mol. The summed E-state index contributed by atoms with van der Waals surface area (Å²) in [6.07, 6.45) is 9.68. The van der Waals surface area contributed by atoms with E-state index in [4.69, 9.17) is 4.74 Å². The fraction of sp³-hybridized carbons (Fsp3) is 0.467. The van der Waals surface area contributed by atoms with Crippen LogP contribution in [0.5, 0.6) is 0 Å². The van der Waals surface area contributed by atoms with Gasteiger partial charge in [0.05, 0.1) is 30.2 Å². The highest BCUT2D eigenvalue weighted by Gasteiger charge is 2.48. The average Bonchev–Trinajstić information content (AvgIpc) is 3.60. The fourth-order valence-electron chi connectivity index (χ4n) is 6.77. The van der Waals surface area contributed by atoms with Crippen molar-refractivity contribution in [3.63, 3.8) is 0 Å². The van der Waals surface area contributed by atoms with Gasteiger partial charge in [0.1, 0.15) is 11.6 Å². The third kappa shape index (κ3) is 4.80. The van der Waals surface area contributed by atoms with Gasteiger partial charge in [-0.3, -0.25) is 14.2 Å². The molecule has 2 amide bonds. The van der Waals surface area contributed by atoms with E-state index >= 15 is 0 Å². The number of para-hydroxylation sites is 1. The Morgan fingerprint density at radius 2 is 1.95 bits per heavy atom.